The molecule has 0 aromatic carbocycles. The summed E-state index contributed by atoms with van der Waals surface area (Å²) in [6.45, 7) is 9.93. The van der Waals surface area contributed by atoms with Gasteiger partial charge < -0.3 is 10.6 Å². The minimum Gasteiger partial charge on any atom is -0.355 e. The molecule has 80 valence electrons. The standard InChI is InChI=1S/C11H20N2O/c1-4-5-12-8-10(14)13-7-9-6-11(9,2)3/h4,9,12H,1,5-8H2,2-3H3,(H,13,14). The Labute approximate surface area is 86.0 Å². The molecule has 1 saturated carbocycles. The van der Waals surface area contributed by atoms with Crippen molar-refractivity contribution in [1.29, 1.82) is 0 Å². The molecular weight excluding hydrogens is 176 g/mol. The van der Waals surface area contributed by atoms with Crippen LogP contribution < -0.4 is 10.6 Å². The highest BCUT2D eigenvalue weighted by atomic mass is 16.1. The average Bonchev–Trinajstić information content (AvgIpc) is 2.71. The van der Waals surface area contributed by atoms with Crippen molar-refractivity contribution in [2.24, 2.45) is 11.3 Å². The van der Waals surface area contributed by atoms with Gasteiger partial charge >= 0.3 is 0 Å². The molecule has 14 heavy (non-hydrogen) atoms. The molecule has 1 aliphatic carbocycles. The third-order valence-corrected chi connectivity index (χ3v) is 2.84. The fourth-order valence-corrected chi connectivity index (χ4v) is 1.51. The minimum atomic E-state index is 0.0783. The predicted octanol–water partition coefficient (Wildman–Crippen LogP) is 0.924. The molecule has 0 heterocycles. The number of hydrogen-bond donors (Lipinski definition) is 2. The lowest BCUT2D eigenvalue weighted by atomic mass is 10.1. The van der Waals surface area contributed by atoms with E-state index in [0.29, 0.717) is 24.4 Å². The zero-order chi connectivity index (χ0) is 10.6. The van der Waals surface area contributed by atoms with Gasteiger partial charge in [0, 0.05) is 13.1 Å². The van der Waals surface area contributed by atoms with E-state index >= 15 is 0 Å². The van der Waals surface area contributed by atoms with Crippen LogP contribution in [0.4, 0.5) is 0 Å². The number of carbonyl (C=O) groups is 1. The molecule has 1 rings (SSSR count). The quantitative estimate of drug-likeness (QED) is 0.490. The molecule has 0 aliphatic heterocycles. The largest absolute Gasteiger partial charge is 0.355 e. The highest BCUT2D eigenvalue weighted by Crippen LogP contribution is 2.50. The van der Waals surface area contributed by atoms with Gasteiger partial charge in [0.2, 0.25) is 5.91 Å². The van der Waals surface area contributed by atoms with Crippen molar-refractivity contribution >= 4 is 5.91 Å². The number of hydrogen-bond acceptors (Lipinski definition) is 2. The van der Waals surface area contributed by atoms with E-state index in [4.69, 9.17) is 0 Å². The second-order valence-electron chi connectivity index (χ2n) is 4.61. The van der Waals surface area contributed by atoms with Gasteiger partial charge in [-0.25, -0.2) is 0 Å². The molecule has 2 N–H and O–H groups in total. The van der Waals surface area contributed by atoms with E-state index in [1.807, 2.05) is 0 Å². The third kappa shape index (κ3) is 3.50. The smallest absolute Gasteiger partial charge is 0.233 e. The van der Waals surface area contributed by atoms with Crippen LogP contribution in [0.15, 0.2) is 12.7 Å². The molecule has 0 bridgehead atoms. The molecule has 0 spiro atoms. The van der Waals surface area contributed by atoms with E-state index in [0.717, 1.165) is 6.54 Å². The van der Waals surface area contributed by atoms with Gasteiger partial charge in [0.15, 0.2) is 0 Å². The topological polar surface area (TPSA) is 41.1 Å². The Morgan fingerprint density at radius 2 is 2.29 bits per heavy atom. The van der Waals surface area contributed by atoms with Crippen LogP contribution in [0, 0.1) is 11.3 Å². The van der Waals surface area contributed by atoms with Gasteiger partial charge in [-0.05, 0) is 17.8 Å². The Bertz CT molecular complexity index is 223. The summed E-state index contributed by atoms with van der Waals surface area (Å²) in [5.41, 5.74) is 0.446. The highest BCUT2D eigenvalue weighted by Gasteiger charge is 2.45. The minimum absolute atomic E-state index is 0.0783. The molecule has 1 atom stereocenters. The molecule has 1 fully saturated rings. The van der Waals surface area contributed by atoms with Crippen LogP contribution in [0.1, 0.15) is 20.3 Å². The Balaban J connectivity index is 2.02. The van der Waals surface area contributed by atoms with Gasteiger partial charge in [-0.15, -0.1) is 6.58 Å². The van der Waals surface area contributed by atoms with E-state index in [1.165, 1.54) is 6.42 Å². The molecule has 1 aliphatic rings. The lowest BCUT2D eigenvalue weighted by Crippen LogP contribution is -2.35. The normalized spacial score (nSPS) is 22.9. The number of rotatable bonds is 6. The maximum atomic E-state index is 11.3. The van der Waals surface area contributed by atoms with Crippen LogP contribution in [0.5, 0.6) is 0 Å². The van der Waals surface area contributed by atoms with Crippen molar-refractivity contribution in [3.63, 3.8) is 0 Å². The van der Waals surface area contributed by atoms with Gasteiger partial charge in [-0.2, -0.15) is 0 Å². The van der Waals surface area contributed by atoms with Crippen molar-refractivity contribution in [3.05, 3.63) is 12.7 Å². The van der Waals surface area contributed by atoms with E-state index in [2.05, 4.69) is 31.1 Å². The zero-order valence-corrected chi connectivity index (χ0v) is 9.10. The van der Waals surface area contributed by atoms with Crippen LogP contribution in [-0.2, 0) is 4.79 Å². The Morgan fingerprint density at radius 1 is 1.64 bits per heavy atom. The lowest BCUT2D eigenvalue weighted by molar-refractivity contribution is -0.120. The maximum absolute atomic E-state index is 11.3. The Kier molecular flexibility index (Phi) is 3.69. The van der Waals surface area contributed by atoms with E-state index in [1.54, 1.807) is 6.08 Å². The van der Waals surface area contributed by atoms with Crippen molar-refractivity contribution in [1.82, 2.24) is 10.6 Å². The number of carbonyl (C=O) groups excluding carboxylic acids is 1. The first-order valence-corrected chi connectivity index (χ1v) is 5.14. The van der Waals surface area contributed by atoms with Crippen LogP contribution in [0.3, 0.4) is 0 Å². The maximum Gasteiger partial charge on any atom is 0.233 e. The molecule has 1 amide bonds. The van der Waals surface area contributed by atoms with E-state index < -0.39 is 0 Å². The predicted molar refractivity (Wildman–Crippen MR) is 58.0 cm³/mol. The molecule has 3 heteroatoms. The van der Waals surface area contributed by atoms with Gasteiger partial charge in [-0.1, -0.05) is 19.9 Å². The van der Waals surface area contributed by atoms with E-state index in [-0.39, 0.29) is 5.91 Å². The first-order chi connectivity index (χ1) is 6.56. The van der Waals surface area contributed by atoms with Crippen LogP contribution in [0.25, 0.3) is 0 Å². The summed E-state index contributed by atoms with van der Waals surface area (Å²) >= 11 is 0. The first-order valence-electron chi connectivity index (χ1n) is 5.14. The molecule has 0 aromatic rings. The summed E-state index contributed by atoms with van der Waals surface area (Å²) in [4.78, 5) is 11.3. The number of nitrogens with one attached hydrogen (secondary N) is 2. The van der Waals surface area contributed by atoms with Gasteiger partial charge in [0.1, 0.15) is 0 Å². The third-order valence-electron chi connectivity index (χ3n) is 2.84. The summed E-state index contributed by atoms with van der Waals surface area (Å²) in [5.74, 6) is 0.750. The second-order valence-corrected chi connectivity index (χ2v) is 4.61. The Hall–Kier alpha value is -0.830. The average molecular weight is 196 g/mol. The molecular formula is C11H20N2O. The van der Waals surface area contributed by atoms with Crippen molar-refractivity contribution < 1.29 is 4.79 Å². The molecule has 0 aromatic heterocycles. The van der Waals surface area contributed by atoms with Gasteiger partial charge in [0.05, 0.1) is 6.54 Å². The summed E-state index contributed by atoms with van der Waals surface area (Å²) in [7, 11) is 0. The fourth-order valence-electron chi connectivity index (χ4n) is 1.51. The van der Waals surface area contributed by atoms with Gasteiger partial charge in [-0.3, -0.25) is 4.79 Å². The van der Waals surface area contributed by atoms with Crippen LogP contribution >= 0.6 is 0 Å². The van der Waals surface area contributed by atoms with Crippen LogP contribution in [-0.4, -0.2) is 25.5 Å². The second kappa shape index (κ2) is 4.60. The van der Waals surface area contributed by atoms with Crippen molar-refractivity contribution in [2.45, 2.75) is 20.3 Å². The van der Waals surface area contributed by atoms with Crippen molar-refractivity contribution in [2.75, 3.05) is 19.6 Å². The summed E-state index contributed by atoms with van der Waals surface area (Å²) in [5, 5.41) is 5.89. The van der Waals surface area contributed by atoms with E-state index in [9.17, 15) is 4.79 Å². The molecule has 0 saturated heterocycles. The summed E-state index contributed by atoms with van der Waals surface area (Å²) < 4.78 is 0. The first kappa shape index (κ1) is 11.2. The van der Waals surface area contributed by atoms with Gasteiger partial charge in [0.25, 0.3) is 0 Å². The summed E-state index contributed by atoms with van der Waals surface area (Å²) in [6.07, 6.45) is 2.98. The molecule has 3 nitrogen and oxygen atoms in total. The fraction of sp³-hybridized carbons (Fsp3) is 0.727. The number of amides is 1. The molecule has 0 radical (unpaired) electrons. The highest BCUT2D eigenvalue weighted by molar-refractivity contribution is 5.78. The molecule has 1 unspecified atom stereocenters. The van der Waals surface area contributed by atoms with Crippen molar-refractivity contribution in [3.8, 4) is 0 Å². The summed E-state index contributed by atoms with van der Waals surface area (Å²) in [6, 6.07) is 0. The Morgan fingerprint density at radius 3 is 2.79 bits per heavy atom. The monoisotopic (exact) mass is 196 g/mol. The van der Waals surface area contributed by atoms with Crippen LogP contribution in [0.2, 0.25) is 0 Å². The lowest BCUT2D eigenvalue weighted by Gasteiger charge is -2.06. The zero-order valence-electron chi connectivity index (χ0n) is 9.10. The SMILES string of the molecule is C=CCNCC(=O)NCC1CC1(C)C.